The van der Waals surface area contributed by atoms with E-state index in [4.69, 9.17) is 11.6 Å². The van der Waals surface area contributed by atoms with E-state index in [1.54, 1.807) is 31.2 Å². The molecule has 1 aliphatic heterocycles. The fraction of sp³-hybridized carbons (Fsp3) is 0.238. The van der Waals surface area contributed by atoms with Gasteiger partial charge in [-0.15, -0.1) is 0 Å². The van der Waals surface area contributed by atoms with E-state index in [1.807, 2.05) is 4.90 Å². The molecule has 0 aliphatic carbocycles. The molecule has 1 saturated heterocycles. The summed E-state index contributed by atoms with van der Waals surface area (Å²) in [5.41, 5.74) is 1.16. The number of rotatable bonds is 5. The van der Waals surface area contributed by atoms with E-state index in [9.17, 15) is 12.8 Å². The van der Waals surface area contributed by atoms with Crippen LogP contribution in [0.1, 0.15) is 5.56 Å². The highest BCUT2D eigenvalue weighted by molar-refractivity contribution is 7.92. The molecule has 2 N–H and O–H groups in total. The number of anilines is 2. The Hall–Kier alpha value is -2.75. The number of sulfonamides is 1. The number of aromatic nitrogens is 2. The second kappa shape index (κ2) is 8.78. The Bertz CT molecular complexity index is 1220. The predicted molar refractivity (Wildman–Crippen MR) is 120 cm³/mol. The molecule has 162 valence electrons. The number of halogens is 2. The van der Waals surface area contributed by atoms with Crippen LogP contribution in [-0.4, -0.2) is 44.6 Å². The zero-order valence-electron chi connectivity index (χ0n) is 16.8. The molecule has 10 heteroatoms. The molecule has 3 heterocycles. The van der Waals surface area contributed by atoms with Gasteiger partial charge in [-0.1, -0.05) is 29.8 Å². The van der Waals surface area contributed by atoms with Crippen LogP contribution in [0.5, 0.6) is 0 Å². The molecule has 0 bridgehead atoms. The molecule has 0 unspecified atom stereocenters. The number of nitrogens with zero attached hydrogens (tertiary/aromatic N) is 3. The van der Waals surface area contributed by atoms with Crippen molar-refractivity contribution in [2.75, 3.05) is 35.8 Å². The van der Waals surface area contributed by atoms with E-state index >= 15 is 0 Å². The van der Waals surface area contributed by atoms with E-state index < -0.39 is 15.8 Å². The zero-order chi connectivity index (χ0) is 22.0. The third kappa shape index (κ3) is 4.63. The molecule has 0 saturated carbocycles. The van der Waals surface area contributed by atoms with Crippen molar-refractivity contribution in [1.82, 2.24) is 15.3 Å². The van der Waals surface area contributed by atoms with Crippen LogP contribution in [0, 0.1) is 12.7 Å². The average molecular weight is 462 g/mol. The van der Waals surface area contributed by atoms with Crippen molar-refractivity contribution >= 4 is 33.3 Å². The van der Waals surface area contributed by atoms with Crippen molar-refractivity contribution in [2.45, 2.75) is 11.9 Å². The van der Waals surface area contributed by atoms with Crippen LogP contribution in [0.3, 0.4) is 0 Å². The first-order valence-corrected chi connectivity index (χ1v) is 11.6. The van der Waals surface area contributed by atoms with Crippen LogP contribution < -0.4 is 14.9 Å². The lowest BCUT2D eigenvalue weighted by molar-refractivity contribution is 0.580. The standard InChI is InChI=1S/C21H21ClFN5O2S/c1-14-15(4-2-5-17(14)23)21-16(22)8-9-18(25-21)27-31(29,30)20-7-3-6-19(26-20)28-12-10-24-11-13-28/h2-9,24H,10-13H2,1H3,(H,25,27). The first kappa shape index (κ1) is 21.5. The Morgan fingerprint density at radius 1 is 1.06 bits per heavy atom. The number of piperazine rings is 1. The van der Waals surface area contributed by atoms with Gasteiger partial charge in [0.15, 0.2) is 5.03 Å². The Balaban J connectivity index is 1.64. The number of benzene rings is 1. The highest BCUT2D eigenvalue weighted by atomic mass is 35.5. The van der Waals surface area contributed by atoms with Gasteiger partial charge in [0.2, 0.25) is 0 Å². The summed E-state index contributed by atoms with van der Waals surface area (Å²) in [6, 6.07) is 12.4. The van der Waals surface area contributed by atoms with Gasteiger partial charge in [0.1, 0.15) is 17.5 Å². The van der Waals surface area contributed by atoms with Crippen molar-refractivity contribution < 1.29 is 12.8 Å². The van der Waals surface area contributed by atoms with Crippen molar-refractivity contribution in [1.29, 1.82) is 0 Å². The van der Waals surface area contributed by atoms with Crippen LogP contribution in [0.2, 0.25) is 5.02 Å². The maximum atomic E-state index is 14.0. The van der Waals surface area contributed by atoms with E-state index in [0.717, 1.165) is 26.2 Å². The molecular weight excluding hydrogens is 441 g/mol. The van der Waals surface area contributed by atoms with Crippen LogP contribution in [0.25, 0.3) is 11.3 Å². The lowest BCUT2D eigenvalue weighted by atomic mass is 10.0. The molecule has 0 amide bonds. The van der Waals surface area contributed by atoms with E-state index in [-0.39, 0.29) is 15.9 Å². The normalized spacial score (nSPS) is 14.5. The van der Waals surface area contributed by atoms with Gasteiger partial charge in [0.25, 0.3) is 10.0 Å². The highest BCUT2D eigenvalue weighted by Gasteiger charge is 2.21. The van der Waals surface area contributed by atoms with Crippen molar-refractivity contribution in [3.05, 3.63) is 64.9 Å². The van der Waals surface area contributed by atoms with Gasteiger partial charge in [0.05, 0.1) is 10.7 Å². The molecule has 4 rings (SSSR count). The maximum absolute atomic E-state index is 14.0. The number of nitrogens with one attached hydrogen (secondary N) is 2. The van der Waals surface area contributed by atoms with E-state index in [1.165, 1.54) is 24.3 Å². The van der Waals surface area contributed by atoms with Gasteiger partial charge in [0, 0.05) is 31.7 Å². The fourth-order valence-corrected chi connectivity index (χ4v) is 4.54. The van der Waals surface area contributed by atoms with Gasteiger partial charge in [-0.3, -0.25) is 4.72 Å². The van der Waals surface area contributed by atoms with Gasteiger partial charge in [-0.05, 0) is 42.8 Å². The van der Waals surface area contributed by atoms with E-state index in [2.05, 4.69) is 20.0 Å². The molecule has 0 atom stereocenters. The molecule has 1 fully saturated rings. The predicted octanol–water partition coefficient (Wildman–Crippen LogP) is 3.45. The van der Waals surface area contributed by atoms with E-state index in [0.29, 0.717) is 22.6 Å². The van der Waals surface area contributed by atoms with Gasteiger partial charge in [-0.25, -0.2) is 14.4 Å². The minimum Gasteiger partial charge on any atom is -0.354 e. The first-order chi connectivity index (χ1) is 14.8. The summed E-state index contributed by atoms with van der Waals surface area (Å²) in [5, 5.41) is 3.43. The lowest BCUT2D eigenvalue weighted by Gasteiger charge is -2.28. The Kier molecular flexibility index (Phi) is 6.08. The summed E-state index contributed by atoms with van der Waals surface area (Å²) in [6.45, 7) is 4.74. The minimum atomic E-state index is -3.99. The van der Waals surface area contributed by atoms with Crippen LogP contribution >= 0.6 is 11.6 Å². The average Bonchev–Trinajstić information content (AvgIpc) is 2.78. The third-order valence-electron chi connectivity index (χ3n) is 5.03. The summed E-state index contributed by atoms with van der Waals surface area (Å²) < 4.78 is 42.3. The topological polar surface area (TPSA) is 87.2 Å². The number of pyridine rings is 2. The van der Waals surface area contributed by atoms with Crippen LogP contribution in [0.4, 0.5) is 16.0 Å². The molecule has 2 aromatic heterocycles. The second-order valence-corrected chi connectivity index (χ2v) is 9.15. The SMILES string of the molecule is Cc1c(F)cccc1-c1nc(NS(=O)(=O)c2cccc(N3CCNCC3)n2)ccc1Cl. The third-order valence-corrected chi connectivity index (χ3v) is 6.59. The largest absolute Gasteiger partial charge is 0.354 e. The van der Waals surface area contributed by atoms with Gasteiger partial charge < -0.3 is 10.2 Å². The maximum Gasteiger partial charge on any atom is 0.280 e. The fourth-order valence-electron chi connectivity index (χ4n) is 3.37. The monoisotopic (exact) mass is 461 g/mol. The molecular formula is C21H21ClFN5O2S. The zero-order valence-corrected chi connectivity index (χ0v) is 18.3. The van der Waals surface area contributed by atoms with Crippen molar-refractivity contribution in [2.24, 2.45) is 0 Å². The summed E-state index contributed by atoms with van der Waals surface area (Å²) in [6.07, 6.45) is 0. The summed E-state index contributed by atoms with van der Waals surface area (Å²) >= 11 is 6.26. The van der Waals surface area contributed by atoms with Crippen LogP contribution in [-0.2, 0) is 10.0 Å². The summed E-state index contributed by atoms with van der Waals surface area (Å²) in [4.78, 5) is 10.7. The molecule has 0 spiro atoms. The van der Waals surface area contributed by atoms with Gasteiger partial charge >= 0.3 is 0 Å². The minimum absolute atomic E-state index is 0.0671. The molecule has 1 aliphatic rings. The molecule has 3 aromatic rings. The highest BCUT2D eigenvalue weighted by Crippen LogP contribution is 2.31. The molecule has 31 heavy (non-hydrogen) atoms. The quantitative estimate of drug-likeness (QED) is 0.605. The van der Waals surface area contributed by atoms with Crippen molar-refractivity contribution in [3.8, 4) is 11.3 Å². The first-order valence-electron chi connectivity index (χ1n) is 9.73. The summed E-state index contributed by atoms with van der Waals surface area (Å²) in [7, 11) is -3.99. The second-order valence-electron chi connectivity index (χ2n) is 7.12. The Morgan fingerprint density at radius 3 is 2.58 bits per heavy atom. The Morgan fingerprint density at radius 2 is 1.81 bits per heavy atom. The Labute approximate surface area is 185 Å². The smallest absolute Gasteiger partial charge is 0.280 e. The summed E-state index contributed by atoms with van der Waals surface area (Å²) in [5.74, 6) is 0.275. The van der Waals surface area contributed by atoms with Crippen LogP contribution in [0.15, 0.2) is 53.6 Å². The van der Waals surface area contributed by atoms with Crippen molar-refractivity contribution in [3.63, 3.8) is 0 Å². The molecule has 7 nitrogen and oxygen atoms in total. The number of hydrogen-bond acceptors (Lipinski definition) is 6. The molecule has 1 aromatic carbocycles. The number of hydrogen-bond donors (Lipinski definition) is 2. The lowest BCUT2D eigenvalue weighted by Crippen LogP contribution is -2.44. The van der Waals surface area contributed by atoms with Gasteiger partial charge in [-0.2, -0.15) is 8.42 Å². The molecule has 0 radical (unpaired) electrons.